The van der Waals surface area contributed by atoms with E-state index in [4.69, 9.17) is 10.5 Å². The van der Waals surface area contributed by atoms with Crippen LogP contribution in [0, 0.1) is 0 Å². The summed E-state index contributed by atoms with van der Waals surface area (Å²) in [4.78, 5) is 11.8. The molecule has 0 bridgehead atoms. The Balaban J connectivity index is 1.97. The summed E-state index contributed by atoms with van der Waals surface area (Å²) in [6.07, 6.45) is 4.35. The SMILES string of the molecule is COC(=O)c1ccc(C(NC2CCCCC2N)c2nnnn2C(C)(C)C)cc1. The van der Waals surface area contributed by atoms with Crippen molar-refractivity contribution in [1.29, 1.82) is 0 Å². The van der Waals surface area contributed by atoms with E-state index in [1.807, 2.05) is 16.8 Å². The summed E-state index contributed by atoms with van der Waals surface area (Å²) in [5.74, 6) is 0.376. The molecule has 0 spiro atoms. The number of carbonyl (C=O) groups excluding carboxylic acids is 1. The van der Waals surface area contributed by atoms with Crippen LogP contribution in [0.1, 0.15) is 74.2 Å². The van der Waals surface area contributed by atoms with E-state index in [0.29, 0.717) is 5.56 Å². The molecule has 1 heterocycles. The number of nitrogens with zero attached hydrogens (tertiary/aromatic N) is 4. The number of methoxy groups -OCH3 is 1. The zero-order valence-corrected chi connectivity index (χ0v) is 17.1. The van der Waals surface area contributed by atoms with Crippen molar-refractivity contribution in [2.75, 3.05) is 7.11 Å². The lowest BCUT2D eigenvalue weighted by molar-refractivity contribution is 0.0600. The quantitative estimate of drug-likeness (QED) is 0.758. The smallest absolute Gasteiger partial charge is 0.337 e. The van der Waals surface area contributed by atoms with Gasteiger partial charge in [0.25, 0.3) is 0 Å². The number of ether oxygens (including phenoxy) is 1. The monoisotopic (exact) mass is 386 g/mol. The van der Waals surface area contributed by atoms with E-state index < -0.39 is 0 Å². The van der Waals surface area contributed by atoms with Crippen LogP contribution in [0.15, 0.2) is 24.3 Å². The maximum atomic E-state index is 11.8. The number of tetrazole rings is 1. The Morgan fingerprint density at radius 2 is 1.93 bits per heavy atom. The molecule has 0 radical (unpaired) electrons. The van der Waals surface area contributed by atoms with E-state index in [1.165, 1.54) is 7.11 Å². The van der Waals surface area contributed by atoms with Crippen molar-refractivity contribution in [3.8, 4) is 0 Å². The molecule has 1 aliphatic carbocycles. The van der Waals surface area contributed by atoms with Crippen LogP contribution in [0.3, 0.4) is 0 Å². The maximum Gasteiger partial charge on any atom is 0.337 e. The van der Waals surface area contributed by atoms with Gasteiger partial charge in [-0.2, -0.15) is 0 Å². The summed E-state index contributed by atoms with van der Waals surface area (Å²) in [6, 6.07) is 7.42. The highest BCUT2D eigenvalue weighted by Gasteiger charge is 2.31. The fourth-order valence-corrected chi connectivity index (χ4v) is 3.68. The molecule has 1 aliphatic rings. The Bertz CT molecular complexity index is 796. The van der Waals surface area contributed by atoms with E-state index in [1.54, 1.807) is 12.1 Å². The fraction of sp³-hybridized carbons (Fsp3) is 0.600. The maximum absolute atomic E-state index is 11.8. The number of nitrogens with one attached hydrogen (secondary N) is 1. The largest absolute Gasteiger partial charge is 0.465 e. The first-order valence-electron chi connectivity index (χ1n) is 9.80. The Morgan fingerprint density at radius 3 is 2.54 bits per heavy atom. The molecule has 2 aromatic rings. The second-order valence-corrected chi connectivity index (χ2v) is 8.39. The molecule has 28 heavy (non-hydrogen) atoms. The molecule has 3 rings (SSSR count). The molecule has 0 aliphatic heterocycles. The van der Waals surface area contributed by atoms with Gasteiger partial charge in [0.05, 0.1) is 24.3 Å². The number of hydrogen-bond acceptors (Lipinski definition) is 7. The molecule has 8 nitrogen and oxygen atoms in total. The van der Waals surface area contributed by atoms with Crippen LogP contribution in [0.5, 0.6) is 0 Å². The number of carbonyl (C=O) groups is 1. The first-order chi connectivity index (χ1) is 13.3. The van der Waals surface area contributed by atoms with Crippen LogP contribution < -0.4 is 11.1 Å². The van der Waals surface area contributed by atoms with Gasteiger partial charge in [0, 0.05) is 12.1 Å². The van der Waals surface area contributed by atoms with Crippen LogP contribution >= 0.6 is 0 Å². The number of rotatable bonds is 5. The zero-order chi connectivity index (χ0) is 20.3. The van der Waals surface area contributed by atoms with E-state index in [2.05, 4.69) is 41.6 Å². The highest BCUT2D eigenvalue weighted by molar-refractivity contribution is 5.89. The van der Waals surface area contributed by atoms with E-state index in [9.17, 15) is 4.79 Å². The van der Waals surface area contributed by atoms with Crippen molar-refractivity contribution >= 4 is 5.97 Å². The lowest BCUT2D eigenvalue weighted by Gasteiger charge is -2.33. The van der Waals surface area contributed by atoms with Crippen molar-refractivity contribution in [3.63, 3.8) is 0 Å². The van der Waals surface area contributed by atoms with Gasteiger partial charge in [-0.15, -0.1) is 5.10 Å². The Morgan fingerprint density at radius 1 is 1.25 bits per heavy atom. The molecular weight excluding hydrogens is 356 g/mol. The molecule has 3 unspecified atom stereocenters. The van der Waals surface area contributed by atoms with Gasteiger partial charge in [-0.25, -0.2) is 9.48 Å². The molecule has 1 fully saturated rings. The van der Waals surface area contributed by atoms with Crippen LogP contribution in [-0.4, -0.2) is 45.4 Å². The van der Waals surface area contributed by atoms with Crippen molar-refractivity contribution in [3.05, 3.63) is 41.2 Å². The highest BCUT2D eigenvalue weighted by atomic mass is 16.5. The second-order valence-electron chi connectivity index (χ2n) is 8.39. The Hall–Kier alpha value is -2.32. The van der Waals surface area contributed by atoms with Gasteiger partial charge in [0.2, 0.25) is 0 Å². The first-order valence-corrected chi connectivity index (χ1v) is 9.80. The third kappa shape index (κ3) is 4.39. The van der Waals surface area contributed by atoms with E-state index in [-0.39, 0.29) is 29.6 Å². The summed E-state index contributed by atoms with van der Waals surface area (Å²) >= 11 is 0. The molecule has 1 aromatic carbocycles. The van der Waals surface area contributed by atoms with E-state index >= 15 is 0 Å². The summed E-state index contributed by atoms with van der Waals surface area (Å²) in [6.45, 7) is 6.20. The first kappa shape index (κ1) is 20.4. The predicted octanol–water partition coefficient (Wildman–Crippen LogP) is 2.16. The fourth-order valence-electron chi connectivity index (χ4n) is 3.68. The van der Waals surface area contributed by atoms with Crippen LogP contribution in [0.25, 0.3) is 0 Å². The summed E-state index contributed by atoms with van der Waals surface area (Å²) in [7, 11) is 1.38. The molecule has 8 heteroatoms. The van der Waals surface area contributed by atoms with Crippen LogP contribution in [0.2, 0.25) is 0 Å². The Labute approximate surface area is 165 Å². The molecule has 152 valence electrons. The van der Waals surface area contributed by atoms with Crippen molar-refractivity contribution in [2.24, 2.45) is 5.73 Å². The topological polar surface area (TPSA) is 108 Å². The third-order valence-electron chi connectivity index (χ3n) is 5.25. The number of hydrogen-bond donors (Lipinski definition) is 2. The van der Waals surface area contributed by atoms with Gasteiger partial charge in [0.1, 0.15) is 0 Å². The number of aromatic nitrogens is 4. The summed E-state index contributed by atoms with van der Waals surface area (Å²) < 4.78 is 6.64. The molecule has 1 saturated carbocycles. The summed E-state index contributed by atoms with van der Waals surface area (Å²) in [5, 5.41) is 16.2. The van der Waals surface area contributed by atoms with Gasteiger partial charge < -0.3 is 10.5 Å². The molecule has 0 amide bonds. The van der Waals surface area contributed by atoms with E-state index in [0.717, 1.165) is 37.1 Å². The van der Waals surface area contributed by atoms with Gasteiger partial charge in [0.15, 0.2) is 5.82 Å². The third-order valence-corrected chi connectivity index (χ3v) is 5.25. The average Bonchev–Trinajstić information content (AvgIpc) is 3.17. The van der Waals surface area contributed by atoms with Crippen LogP contribution in [-0.2, 0) is 10.3 Å². The van der Waals surface area contributed by atoms with Gasteiger partial charge in [-0.1, -0.05) is 25.0 Å². The van der Waals surface area contributed by atoms with Crippen molar-refractivity contribution in [2.45, 2.75) is 70.1 Å². The minimum absolute atomic E-state index is 0.101. The summed E-state index contributed by atoms with van der Waals surface area (Å²) in [5.41, 5.74) is 7.60. The predicted molar refractivity (Wildman–Crippen MR) is 106 cm³/mol. The number of benzene rings is 1. The van der Waals surface area contributed by atoms with Crippen LogP contribution in [0.4, 0.5) is 0 Å². The molecule has 0 saturated heterocycles. The van der Waals surface area contributed by atoms with Gasteiger partial charge >= 0.3 is 5.97 Å². The van der Waals surface area contributed by atoms with Crippen molar-refractivity contribution in [1.82, 2.24) is 25.5 Å². The molecule has 3 atom stereocenters. The second kappa shape index (κ2) is 8.36. The Kier molecular flexibility index (Phi) is 6.10. The van der Waals surface area contributed by atoms with Gasteiger partial charge in [-0.05, 0) is 61.7 Å². The highest BCUT2D eigenvalue weighted by Crippen LogP contribution is 2.27. The number of esters is 1. The zero-order valence-electron chi connectivity index (χ0n) is 17.1. The lowest BCUT2D eigenvalue weighted by atomic mass is 9.89. The average molecular weight is 387 g/mol. The standard InChI is InChI=1S/C20H30N6O2/c1-20(2,3)26-18(23-24-25-26)17(22-16-8-6-5-7-15(16)21)13-9-11-14(12-10-13)19(27)28-4/h9-12,15-17,22H,5-8,21H2,1-4H3. The lowest BCUT2D eigenvalue weighted by Crippen LogP contribution is -2.49. The minimum atomic E-state index is -0.357. The molecular formula is C20H30N6O2. The molecule has 1 aromatic heterocycles. The number of nitrogens with two attached hydrogens (primary N) is 1. The minimum Gasteiger partial charge on any atom is -0.465 e. The molecule has 3 N–H and O–H groups in total. The van der Waals surface area contributed by atoms with Crippen molar-refractivity contribution < 1.29 is 9.53 Å². The normalized spacial score (nSPS) is 21.3. The van der Waals surface area contributed by atoms with Gasteiger partial charge in [-0.3, -0.25) is 5.32 Å².